The number of ether oxygens (including phenoxy) is 1. The van der Waals surface area contributed by atoms with E-state index in [-0.39, 0.29) is 0 Å². The van der Waals surface area contributed by atoms with E-state index in [0.717, 1.165) is 24.0 Å². The predicted molar refractivity (Wildman–Crippen MR) is 126 cm³/mol. The Kier molecular flexibility index (Phi) is 5.85. The Hall–Kier alpha value is -3.52. The van der Waals surface area contributed by atoms with Crippen LogP contribution in [0.15, 0.2) is 97.6 Å². The van der Waals surface area contributed by atoms with Crippen LogP contribution in [0.2, 0.25) is 0 Å². The van der Waals surface area contributed by atoms with Crippen molar-refractivity contribution in [2.24, 2.45) is 0 Å². The van der Waals surface area contributed by atoms with Crippen LogP contribution in [0.5, 0.6) is 0 Å². The third-order valence-electron chi connectivity index (χ3n) is 5.56. The fourth-order valence-corrected chi connectivity index (χ4v) is 3.92. The van der Waals surface area contributed by atoms with E-state index in [1.165, 1.54) is 28.2 Å². The van der Waals surface area contributed by atoms with E-state index in [0.29, 0.717) is 5.76 Å². The first-order chi connectivity index (χ1) is 14.7. The molecule has 0 unspecified atom stereocenters. The summed E-state index contributed by atoms with van der Waals surface area (Å²) in [5, 5.41) is 0. The fourth-order valence-electron chi connectivity index (χ4n) is 3.92. The summed E-state index contributed by atoms with van der Waals surface area (Å²) < 4.78 is 7.70. The standard InChI is InChI=1S/C28H27NO/c1-21-16-19-28(26-14-9-13-25(20-26)22(2)30-3)29(21)27-15-8-7-12-24(27)18-17-23-10-5-4-6-11-23/h4-16,19-20H,2,17-18H2,1,3H3. The summed E-state index contributed by atoms with van der Waals surface area (Å²) in [5.74, 6) is 0.676. The monoisotopic (exact) mass is 393 g/mol. The molecule has 4 rings (SSSR count). The Morgan fingerprint density at radius 3 is 2.40 bits per heavy atom. The van der Waals surface area contributed by atoms with Gasteiger partial charge < -0.3 is 9.30 Å². The molecule has 3 aromatic carbocycles. The van der Waals surface area contributed by atoms with Gasteiger partial charge in [-0.1, -0.05) is 73.3 Å². The van der Waals surface area contributed by atoms with Crippen LogP contribution in [0.1, 0.15) is 22.4 Å². The minimum atomic E-state index is 0.676. The van der Waals surface area contributed by atoms with E-state index < -0.39 is 0 Å². The topological polar surface area (TPSA) is 14.2 Å². The van der Waals surface area contributed by atoms with Crippen molar-refractivity contribution in [1.82, 2.24) is 4.57 Å². The van der Waals surface area contributed by atoms with Gasteiger partial charge in [-0.25, -0.2) is 0 Å². The highest BCUT2D eigenvalue weighted by Crippen LogP contribution is 2.30. The number of hydrogen-bond acceptors (Lipinski definition) is 1. The zero-order chi connectivity index (χ0) is 20.9. The molecule has 0 amide bonds. The molecule has 0 N–H and O–H groups in total. The lowest BCUT2D eigenvalue weighted by molar-refractivity contribution is 0.371. The normalized spacial score (nSPS) is 10.7. The number of para-hydroxylation sites is 1. The zero-order valence-corrected chi connectivity index (χ0v) is 17.6. The molecule has 0 aliphatic carbocycles. The highest BCUT2D eigenvalue weighted by atomic mass is 16.5. The van der Waals surface area contributed by atoms with Crippen molar-refractivity contribution in [2.45, 2.75) is 19.8 Å². The third-order valence-corrected chi connectivity index (χ3v) is 5.56. The first-order valence-corrected chi connectivity index (χ1v) is 10.3. The second-order valence-electron chi connectivity index (χ2n) is 7.52. The number of hydrogen-bond donors (Lipinski definition) is 0. The summed E-state index contributed by atoms with van der Waals surface area (Å²) >= 11 is 0. The second kappa shape index (κ2) is 8.87. The van der Waals surface area contributed by atoms with Crippen LogP contribution in [0.3, 0.4) is 0 Å². The number of nitrogens with zero attached hydrogens (tertiary/aromatic N) is 1. The minimum Gasteiger partial charge on any atom is -0.497 e. The van der Waals surface area contributed by atoms with Crippen LogP contribution < -0.4 is 0 Å². The predicted octanol–water partition coefficient (Wildman–Crippen LogP) is 6.86. The van der Waals surface area contributed by atoms with E-state index >= 15 is 0 Å². The molecule has 0 bridgehead atoms. The van der Waals surface area contributed by atoms with E-state index in [2.05, 4.69) is 103 Å². The van der Waals surface area contributed by atoms with Gasteiger partial charge >= 0.3 is 0 Å². The number of aromatic nitrogens is 1. The number of aryl methyl sites for hydroxylation is 3. The average Bonchev–Trinajstić information content (AvgIpc) is 3.19. The van der Waals surface area contributed by atoms with Crippen LogP contribution in [0.4, 0.5) is 0 Å². The molecule has 0 aliphatic heterocycles. The molecule has 150 valence electrons. The van der Waals surface area contributed by atoms with Gasteiger partial charge in [0.1, 0.15) is 5.76 Å². The molecule has 2 heteroatoms. The molecule has 0 atom stereocenters. The SMILES string of the molecule is C=C(OC)c1cccc(-c2ccc(C)n2-c2ccccc2CCc2ccccc2)c1. The van der Waals surface area contributed by atoms with Crippen LogP contribution >= 0.6 is 0 Å². The van der Waals surface area contributed by atoms with E-state index in [4.69, 9.17) is 4.74 Å². The molecule has 30 heavy (non-hydrogen) atoms. The maximum atomic E-state index is 5.34. The molecule has 0 fully saturated rings. The molecule has 0 saturated heterocycles. The minimum absolute atomic E-state index is 0.676. The van der Waals surface area contributed by atoms with Gasteiger partial charge in [0.05, 0.1) is 12.8 Å². The fraction of sp³-hybridized carbons (Fsp3) is 0.143. The number of benzene rings is 3. The van der Waals surface area contributed by atoms with Crippen molar-refractivity contribution in [3.05, 3.63) is 120 Å². The largest absolute Gasteiger partial charge is 0.497 e. The molecule has 1 heterocycles. The zero-order valence-electron chi connectivity index (χ0n) is 17.6. The molecule has 0 spiro atoms. The summed E-state index contributed by atoms with van der Waals surface area (Å²) in [6, 6.07) is 32.1. The van der Waals surface area contributed by atoms with Gasteiger partial charge in [0.25, 0.3) is 0 Å². The smallest absolute Gasteiger partial charge is 0.118 e. The molecular weight excluding hydrogens is 366 g/mol. The Morgan fingerprint density at radius 1 is 0.833 bits per heavy atom. The van der Waals surface area contributed by atoms with Crippen molar-refractivity contribution in [3.8, 4) is 16.9 Å². The maximum absolute atomic E-state index is 5.34. The lowest BCUT2D eigenvalue weighted by atomic mass is 10.0. The lowest BCUT2D eigenvalue weighted by Gasteiger charge is -2.17. The van der Waals surface area contributed by atoms with Crippen LogP contribution in [0.25, 0.3) is 22.7 Å². The molecule has 4 aromatic rings. The number of methoxy groups -OCH3 is 1. The quantitative estimate of drug-likeness (QED) is 0.313. The molecule has 2 nitrogen and oxygen atoms in total. The Morgan fingerprint density at radius 2 is 1.60 bits per heavy atom. The summed E-state index contributed by atoms with van der Waals surface area (Å²) in [4.78, 5) is 0. The van der Waals surface area contributed by atoms with Gasteiger partial charge in [-0.2, -0.15) is 0 Å². The molecule has 0 radical (unpaired) electrons. The van der Waals surface area contributed by atoms with Gasteiger partial charge in [-0.15, -0.1) is 0 Å². The molecular formula is C28H27NO. The first kappa shape index (κ1) is 19.8. The summed E-state index contributed by atoms with van der Waals surface area (Å²) in [5.41, 5.74) is 8.48. The second-order valence-corrected chi connectivity index (χ2v) is 7.52. The van der Waals surface area contributed by atoms with Gasteiger partial charge in [0.2, 0.25) is 0 Å². The van der Waals surface area contributed by atoms with Gasteiger partial charge in [0.15, 0.2) is 0 Å². The first-order valence-electron chi connectivity index (χ1n) is 10.3. The molecule has 0 aliphatic rings. The maximum Gasteiger partial charge on any atom is 0.118 e. The highest BCUT2D eigenvalue weighted by Gasteiger charge is 2.13. The Labute approximate surface area is 179 Å². The highest BCUT2D eigenvalue weighted by molar-refractivity contribution is 5.70. The van der Waals surface area contributed by atoms with Crippen LogP contribution in [-0.4, -0.2) is 11.7 Å². The van der Waals surface area contributed by atoms with E-state index in [1.807, 2.05) is 6.07 Å². The van der Waals surface area contributed by atoms with Crippen molar-refractivity contribution in [1.29, 1.82) is 0 Å². The van der Waals surface area contributed by atoms with Crippen molar-refractivity contribution in [2.75, 3.05) is 7.11 Å². The summed E-state index contributed by atoms with van der Waals surface area (Å²) in [7, 11) is 1.66. The van der Waals surface area contributed by atoms with Crippen molar-refractivity contribution < 1.29 is 4.74 Å². The van der Waals surface area contributed by atoms with Gasteiger partial charge in [-0.05, 0) is 60.7 Å². The molecule has 0 saturated carbocycles. The average molecular weight is 394 g/mol. The van der Waals surface area contributed by atoms with E-state index in [9.17, 15) is 0 Å². The van der Waals surface area contributed by atoms with Crippen molar-refractivity contribution in [3.63, 3.8) is 0 Å². The Bertz CT molecular complexity index is 1150. The summed E-state index contributed by atoms with van der Waals surface area (Å²) in [6.07, 6.45) is 2.02. The number of rotatable bonds is 7. The molecule has 1 aromatic heterocycles. The third kappa shape index (κ3) is 4.08. The lowest BCUT2D eigenvalue weighted by Crippen LogP contribution is -2.04. The van der Waals surface area contributed by atoms with Crippen molar-refractivity contribution >= 4 is 5.76 Å². The summed E-state index contributed by atoms with van der Waals surface area (Å²) in [6.45, 7) is 6.16. The van der Waals surface area contributed by atoms with E-state index in [1.54, 1.807) is 7.11 Å². The van der Waals surface area contributed by atoms with Crippen LogP contribution in [0, 0.1) is 6.92 Å². The van der Waals surface area contributed by atoms with Gasteiger partial charge in [-0.3, -0.25) is 0 Å². The van der Waals surface area contributed by atoms with Crippen LogP contribution in [-0.2, 0) is 17.6 Å². The Balaban J connectivity index is 1.73. The van der Waals surface area contributed by atoms with Gasteiger partial charge in [0, 0.05) is 16.9 Å².